The van der Waals surface area contributed by atoms with Crippen LogP contribution in [0.2, 0.25) is 0 Å². The molecule has 1 aliphatic heterocycles. The fraction of sp³-hybridized carbons (Fsp3) is 0.429. The number of rotatable bonds is 8. The number of nitrogens with zero attached hydrogens (tertiary/aromatic N) is 2. The van der Waals surface area contributed by atoms with Gasteiger partial charge in [0.05, 0.1) is 12.4 Å². The van der Waals surface area contributed by atoms with Crippen molar-refractivity contribution in [3.63, 3.8) is 0 Å². The van der Waals surface area contributed by atoms with E-state index in [1.54, 1.807) is 0 Å². The maximum atomic E-state index is 2.43. The van der Waals surface area contributed by atoms with Crippen LogP contribution in [0.5, 0.6) is 0 Å². The molecule has 0 bridgehead atoms. The summed E-state index contributed by atoms with van der Waals surface area (Å²) in [6.07, 6.45) is 12.6. The molecule has 0 saturated carbocycles. The first-order chi connectivity index (χ1) is 11.4. The average molecular weight is 436 g/mol. The van der Waals surface area contributed by atoms with Crippen molar-refractivity contribution in [3.8, 4) is 0 Å². The molecule has 0 atom stereocenters. The van der Waals surface area contributed by atoms with Crippen LogP contribution in [0, 0.1) is 0 Å². The van der Waals surface area contributed by atoms with Crippen molar-refractivity contribution >= 4 is 40.4 Å². The zero-order valence-corrected chi connectivity index (χ0v) is 17.0. The predicted octanol–water partition coefficient (Wildman–Crippen LogP) is 6.37. The first kappa shape index (κ1) is 19.1. The van der Waals surface area contributed by atoms with Crippen LogP contribution in [0.15, 0.2) is 54.9 Å². The van der Waals surface area contributed by atoms with E-state index in [0.29, 0.717) is 0 Å². The first-order valence-electron chi connectivity index (χ1n) is 9.05. The van der Waals surface area contributed by atoms with Crippen LogP contribution in [-0.4, -0.2) is 18.1 Å². The molecular weight excluding hydrogens is 407 g/mol. The van der Waals surface area contributed by atoms with Gasteiger partial charge in [-0.1, -0.05) is 75.4 Å². The molecule has 0 unspecified atom stereocenters. The summed E-state index contributed by atoms with van der Waals surface area (Å²) in [7, 11) is 0. The summed E-state index contributed by atoms with van der Waals surface area (Å²) < 4.78 is 0. The molecule has 3 rings (SSSR count). The fourth-order valence-corrected chi connectivity index (χ4v) is 3.32. The van der Waals surface area contributed by atoms with Crippen LogP contribution >= 0.6 is 24.0 Å². The molecule has 0 aliphatic carbocycles. The summed E-state index contributed by atoms with van der Waals surface area (Å²) >= 11 is 0. The molecule has 1 heterocycles. The molecule has 2 aromatic carbocycles. The Bertz CT molecular complexity index is 648. The Morgan fingerprint density at radius 1 is 0.833 bits per heavy atom. The Morgan fingerprint density at radius 3 is 2.46 bits per heavy atom. The summed E-state index contributed by atoms with van der Waals surface area (Å²) in [4.78, 5) is 4.79. The van der Waals surface area contributed by atoms with Crippen LogP contribution < -0.4 is 4.90 Å². The van der Waals surface area contributed by atoms with Gasteiger partial charge in [-0.3, -0.25) is 0 Å². The van der Waals surface area contributed by atoms with Gasteiger partial charge in [-0.2, -0.15) is 0 Å². The Kier molecular flexibility index (Phi) is 7.89. The third kappa shape index (κ3) is 4.88. The fourth-order valence-electron chi connectivity index (χ4n) is 3.32. The van der Waals surface area contributed by atoms with Gasteiger partial charge in [0.1, 0.15) is 0 Å². The zero-order chi connectivity index (χ0) is 15.9. The van der Waals surface area contributed by atoms with Crippen LogP contribution in [0.4, 0.5) is 5.69 Å². The lowest BCUT2D eigenvalue weighted by atomic mass is 10.1. The van der Waals surface area contributed by atoms with Crippen molar-refractivity contribution in [1.29, 1.82) is 0 Å². The van der Waals surface area contributed by atoms with Crippen molar-refractivity contribution in [1.82, 2.24) is 4.90 Å². The number of hydrogen-bond donors (Lipinski definition) is 0. The molecule has 0 fully saturated rings. The minimum Gasteiger partial charge on any atom is -0.358 e. The number of anilines is 1. The van der Waals surface area contributed by atoms with E-state index >= 15 is 0 Å². The molecule has 2 nitrogen and oxygen atoms in total. The van der Waals surface area contributed by atoms with Gasteiger partial charge in [0.15, 0.2) is 0 Å². The van der Waals surface area contributed by atoms with E-state index in [0.717, 1.165) is 6.67 Å². The van der Waals surface area contributed by atoms with Crippen molar-refractivity contribution in [2.75, 3.05) is 18.1 Å². The van der Waals surface area contributed by atoms with Gasteiger partial charge in [-0.05, 0) is 17.9 Å². The largest absolute Gasteiger partial charge is 0.358 e. The molecule has 3 heteroatoms. The van der Waals surface area contributed by atoms with Crippen LogP contribution in [0.3, 0.4) is 0 Å². The third-order valence-electron chi connectivity index (χ3n) is 4.67. The van der Waals surface area contributed by atoms with E-state index in [4.69, 9.17) is 0 Å². The minimum atomic E-state index is 0. The normalized spacial score (nSPS) is 13.5. The van der Waals surface area contributed by atoms with E-state index in [9.17, 15) is 0 Å². The van der Waals surface area contributed by atoms with Gasteiger partial charge in [0, 0.05) is 24.3 Å². The molecular formula is C21H29IN2. The number of unbranched alkanes of at least 4 members (excludes halogenated alkanes) is 5. The highest BCUT2D eigenvalue weighted by molar-refractivity contribution is 14.0. The van der Waals surface area contributed by atoms with E-state index in [-0.39, 0.29) is 24.0 Å². The molecule has 24 heavy (non-hydrogen) atoms. The number of hydrogen-bond acceptors (Lipinski definition) is 2. The van der Waals surface area contributed by atoms with Gasteiger partial charge < -0.3 is 9.80 Å². The maximum absolute atomic E-state index is 2.43. The summed E-state index contributed by atoms with van der Waals surface area (Å²) in [5.41, 5.74) is 1.31. The second-order valence-electron chi connectivity index (χ2n) is 6.49. The van der Waals surface area contributed by atoms with Crippen LogP contribution in [0.1, 0.15) is 45.4 Å². The lowest BCUT2D eigenvalue weighted by Crippen LogP contribution is -2.25. The minimum absolute atomic E-state index is 0. The van der Waals surface area contributed by atoms with Crippen LogP contribution in [0.25, 0.3) is 10.8 Å². The van der Waals surface area contributed by atoms with E-state index in [1.807, 2.05) is 0 Å². The number of halogens is 1. The van der Waals surface area contributed by atoms with Crippen molar-refractivity contribution in [2.24, 2.45) is 0 Å². The molecule has 0 N–H and O–H groups in total. The Morgan fingerprint density at radius 2 is 1.58 bits per heavy atom. The smallest absolute Gasteiger partial charge is 0.0942 e. The van der Waals surface area contributed by atoms with Gasteiger partial charge in [-0.25, -0.2) is 0 Å². The Balaban J connectivity index is 0.00000208. The molecule has 0 aromatic heterocycles. The second-order valence-corrected chi connectivity index (χ2v) is 6.49. The lowest BCUT2D eigenvalue weighted by molar-refractivity contribution is 0.388. The SMILES string of the molecule is CCCCCCCCN1C=CN(c2cccc3ccccc23)C1.I. The molecule has 0 radical (unpaired) electrons. The third-order valence-corrected chi connectivity index (χ3v) is 4.67. The highest BCUT2D eigenvalue weighted by Crippen LogP contribution is 2.28. The lowest BCUT2D eigenvalue weighted by Gasteiger charge is -2.22. The molecule has 0 amide bonds. The molecule has 1 aliphatic rings. The van der Waals surface area contributed by atoms with Crippen molar-refractivity contribution in [3.05, 3.63) is 54.9 Å². The number of fused-ring (bicyclic) bond motifs is 1. The summed E-state index contributed by atoms with van der Waals surface area (Å²) in [5.74, 6) is 0. The van der Waals surface area contributed by atoms with Gasteiger partial charge in [-0.15, -0.1) is 24.0 Å². The Labute approximate surface area is 163 Å². The quantitative estimate of drug-likeness (QED) is 0.351. The average Bonchev–Trinajstić information content (AvgIpc) is 3.06. The topological polar surface area (TPSA) is 6.48 Å². The second kappa shape index (κ2) is 9.92. The van der Waals surface area contributed by atoms with E-state index < -0.39 is 0 Å². The van der Waals surface area contributed by atoms with Gasteiger partial charge >= 0.3 is 0 Å². The predicted molar refractivity (Wildman–Crippen MR) is 116 cm³/mol. The molecule has 2 aromatic rings. The van der Waals surface area contributed by atoms with E-state index in [2.05, 4.69) is 71.6 Å². The van der Waals surface area contributed by atoms with Crippen molar-refractivity contribution < 1.29 is 0 Å². The Hall–Kier alpha value is -1.23. The van der Waals surface area contributed by atoms with Gasteiger partial charge in [0.2, 0.25) is 0 Å². The van der Waals surface area contributed by atoms with Crippen molar-refractivity contribution in [2.45, 2.75) is 45.4 Å². The highest BCUT2D eigenvalue weighted by Gasteiger charge is 2.15. The van der Waals surface area contributed by atoms with Gasteiger partial charge in [0.25, 0.3) is 0 Å². The van der Waals surface area contributed by atoms with E-state index in [1.165, 1.54) is 61.5 Å². The number of benzene rings is 2. The standard InChI is InChI=1S/C21H28N2.HI/c1-2-3-4-5-6-9-15-22-16-17-23(18-22)21-14-10-12-19-11-7-8-13-20(19)21;/h7-8,10-14,16-17H,2-6,9,15,18H2,1H3;1H. The van der Waals surface area contributed by atoms with Crippen LogP contribution in [-0.2, 0) is 0 Å². The first-order valence-corrected chi connectivity index (χ1v) is 9.05. The summed E-state index contributed by atoms with van der Waals surface area (Å²) in [6, 6.07) is 15.2. The molecule has 130 valence electrons. The maximum Gasteiger partial charge on any atom is 0.0942 e. The molecule has 0 saturated heterocycles. The monoisotopic (exact) mass is 436 g/mol. The zero-order valence-electron chi connectivity index (χ0n) is 14.7. The molecule has 0 spiro atoms. The summed E-state index contributed by atoms with van der Waals surface area (Å²) in [6.45, 7) is 4.42. The highest BCUT2D eigenvalue weighted by atomic mass is 127. The summed E-state index contributed by atoms with van der Waals surface area (Å²) in [5, 5.41) is 2.65.